The molecule has 1 fully saturated rings. The number of amides is 1. The molecule has 1 aliphatic heterocycles. The number of benzene rings is 1. The fourth-order valence-corrected chi connectivity index (χ4v) is 4.05. The minimum absolute atomic E-state index is 0.0271. The van der Waals surface area contributed by atoms with Crippen molar-refractivity contribution in [3.63, 3.8) is 0 Å². The van der Waals surface area contributed by atoms with E-state index in [1.54, 1.807) is 7.11 Å². The number of fused-ring (bicyclic) bond motifs is 1. The molecule has 2 aliphatic rings. The van der Waals surface area contributed by atoms with Gasteiger partial charge in [0.15, 0.2) is 0 Å². The average molecular weight is 318 g/mol. The predicted octanol–water partition coefficient (Wildman–Crippen LogP) is 0.932. The number of carbonyl (C=O) groups excluding carboxylic acids is 1. The number of primary amides is 1. The molecule has 0 aromatic heterocycles. The largest absolute Gasteiger partial charge is 0.392 e. The summed E-state index contributed by atoms with van der Waals surface area (Å²) in [6.45, 7) is 1.58. The normalized spacial score (nSPS) is 27.4. The van der Waals surface area contributed by atoms with Gasteiger partial charge in [0.1, 0.15) is 6.23 Å². The highest BCUT2D eigenvalue weighted by Gasteiger charge is 2.38. The molecule has 0 saturated carbocycles. The number of hydrogen-bond donors (Lipinski definition) is 2. The first-order chi connectivity index (χ1) is 11.1. The first-order valence-corrected chi connectivity index (χ1v) is 8.41. The topological polar surface area (TPSA) is 75.8 Å². The van der Waals surface area contributed by atoms with Gasteiger partial charge in [-0.2, -0.15) is 0 Å². The van der Waals surface area contributed by atoms with Crippen LogP contribution in [0.5, 0.6) is 0 Å². The second-order valence-electron chi connectivity index (χ2n) is 6.75. The number of rotatable bonds is 4. The van der Waals surface area contributed by atoms with Crippen molar-refractivity contribution in [2.24, 2.45) is 17.6 Å². The molecule has 1 heterocycles. The Kier molecular flexibility index (Phi) is 4.99. The van der Waals surface area contributed by atoms with Gasteiger partial charge in [0.2, 0.25) is 5.91 Å². The standard InChI is InChI=1S/C18H26N2O3/c1-23-18(20-8-6-12(7-9-20)17(19)22)15-10-13-4-2-3-5-14(13)11-16(15)21/h2-5,12,15-16,18,21H,6-11H2,1H3,(H2,19,22). The van der Waals surface area contributed by atoms with Crippen molar-refractivity contribution in [1.82, 2.24) is 4.90 Å². The predicted molar refractivity (Wildman–Crippen MR) is 87.6 cm³/mol. The number of hydrogen-bond acceptors (Lipinski definition) is 4. The Morgan fingerprint density at radius 1 is 1.26 bits per heavy atom. The first kappa shape index (κ1) is 16.4. The third kappa shape index (κ3) is 3.42. The molecule has 5 nitrogen and oxygen atoms in total. The van der Waals surface area contributed by atoms with Crippen LogP contribution in [-0.4, -0.2) is 48.4 Å². The van der Waals surface area contributed by atoms with Crippen molar-refractivity contribution >= 4 is 5.91 Å². The third-order valence-electron chi connectivity index (χ3n) is 5.40. The van der Waals surface area contributed by atoms with Crippen molar-refractivity contribution in [2.75, 3.05) is 20.2 Å². The van der Waals surface area contributed by atoms with Crippen LogP contribution in [0.25, 0.3) is 0 Å². The van der Waals surface area contributed by atoms with Crippen molar-refractivity contribution in [2.45, 2.75) is 38.0 Å². The van der Waals surface area contributed by atoms with Crippen molar-refractivity contribution in [1.29, 1.82) is 0 Å². The lowest BCUT2D eigenvalue weighted by Crippen LogP contribution is -2.52. The SMILES string of the molecule is COC(C1Cc2ccccc2CC1O)N1CCC(C(N)=O)CC1. The molecule has 5 heteroatoms. The maximum atomic E-state index is 11.3. The lowest BCUT2D eigenvalue weighted by molar-refractivity contribution is -0.130. The number of carbonyl (C=O) groups is 1. The summed E-state index contributed by atoms with van der Waals surface area (Å²) in [4.78, 5) is 13.6. The zero-order chi connectivity index (χ0) is 16.4. The molecule has 0 radical (unpaired) electrons. The minimum atomic E-state index is -0.399. The highest BCUT2D eigenvalue weighted by molar-refractivity contribution is 5.76. The maximum Gasteiger partial charge on any atom is 0.220 e. The Bertz CT molecular complexity index is 555. The van der Waals surface area contributed by atoms with Gasteiger partial charge in [-0.05, 0) is 36.8 Å². The number of likely N-dealkylation sites (tertiary alicyclic amines) is 1. The first-order valence-electron chi connectivity index (χ1n) is 8.41. The molecule has 1 aromatic carbocycles. The quantitative estimate of drug-likeness (QED) is 0.866. The lowest BCUT2D eigenvalue weighted by atomic mass is 9.80. The van der Waals surface area contributed by atoms with Crippen LogP contribution in [0.4, 0.5) is 0 Å². The van der Waals surface area contributed by atoms with Crippen LogP contribution in [0.3, 0.4) is 0 Å². The molecule has 0 spiro atoms. The second-order valence-corrected chi connectivity index (χ2v) is 6.75. The Labute approximate surface area is 137 Å². The van der Waals surface area contributed by atoms with Crippen LogP contribution < -0.4 is 5.73 Å². The van der Waals surface area contributed by atoms with Gasteiger partial charge in [-0.1, -0.05) is 24.3 Å². The van der Waals surface area contributed by atoms with Gasteiger partial charge >= 0.3 is 0 Å². The number of methoxy groups -OCH3 is 1. The van der Waals surface area contributed by atoms with Crippen LogP contribution in [0.2, 0.25) is 0 Å². The van der Waals surface area contributed by atoms with E-state index in [0.29, 0.717) is 6.42 Å². The zero-order valence-electron chi connectivity index (χ0n) is 13.6. The van der Waals surface area contributed by atoms with Gasteiger partial charge < -0.3 is 15.6 Å². The molecule has 1 amide bonds. The van der Waals surface area contributed by atoms with Gasteiger partial charge in [-0.15, -0.1) is 0 Å². The Morgan fingerprint density at radius 2 is 1.87 bits per heavy atom. The zero-order valence-corrected chi connectivity index (χ0v) is 13.6. The summed E-state index contributed by atoms with van der Waals surface area (Å²) in [6.07, 6.45) is 2.53. The van der Waals surface area contributed by atoms with E-state index in [9.17, 15) is 9.90 Å². The van der Waals surface area contributed by atoms with E-state index < -0.39 is 6.10 Å². The van der Waals surface area contributed by atoms with Gasteiger partial charge in [-0.3, -0.25) is 9.69 Å². The molecule has 23 heavy (non-hydrogen) atoms. The van der Waals surface area contributed by atoms with Crippen molar-refractivity contribution in [3.05, 3.63) is 35.4 Å². The smallest absolute Gasteiger partial charge is 0.220 e. The van der Waals surface area contributed by atoms with E-state index >= 15 is 0 Å². The van der Waals surface area contributed by atoms with E-state index in [4.69, 9.17) is 10.5 Å². The number of ether oxygens (including phenoxy) is 1. The summed E-state index contributed by atoms with van der Waals surface area (Å²) in [6, 6.07) is 8.30. The number of aliphatic hydroxyl groups is 1. The van der Waals surface area contributed by atoms with Crippen LogP contribution in [0.1, 0.15) is 24.0 Å². The average Bonchev–Trinajstić information content (AvgIpc) is 2.56. The van der Waals surface area contributed by atoms with Gasteiger partial charge in [0.05, 0.1) is 6.10 Å². The number of nitrogens with two attached hydrogens (primary N) is 1. The summed E-state index contributed by atoms with van der Waals surface area (Å²) in [5.74, 6) is -0.175. The Balaban J connectivity index is 1.70. The lowest BCUT2D eigenvalue weighted by Gasteiger charge is -2.42. The highest BCUT2D eigenvalue weighted by atomic mass is 16.5. The maximum absolute atomic E-state index is 11.3. The fraction of sp³-hybridized carbons (Fsp3) is 0.611. The summed E-state index contributed by atoms with van der Waals surface area (Å²) in [5, 5.41) is 10.6. The van der Waals surface area contributed by atoms with E-state index in [1.165, 1.54) is 11.1 Å². The molecule has 126 valence electrons. The van der Waals surface area contributed by atoms with Crippen LogP contribution in [0.15, 0.2) is 24.3 Å². The van der Waals surface area contributed by atoms with Crippen LogP contribution in [-0.2, 0) is 22.4 Å². The molecular formula is C18H26N2O3. The van der Waals surface area contributed by atoms with Gasteiger partial charge in [0, 0.05) is 32.0 Å². The summed E-state index contributed by atoms with van der Waals surface area (Å²) >= 11 is 0. The van der Waals surface area contributed by atoms with Gasteiger partial charge in [-0.25, -0.2) is 0 Å². The fourth-order valence-electron chi connectivity index (χ4n) is 4.05. The number of aliphatic hydroxyl groups excluding tert-OH is 1. The highest BCUT2D eigenvalue weighted by Crippen LogP contribution is 2.32. The van der Waals surface area contributed by atoms with E-state index in [0.717, 1.165) is 32.4 Å². The molecule has 1 aliphatic carbocycles. The van der Waals surface area contributed by atoms with E-state index in [-0.39, 0.29) is 24.0 Å². The molecule has 3 N–H and O–H groups in total. The Hall–Kier alpha value is -1.43. The molecule has 3 unspecified atom stereocenters. The second kappa shape index (κ2) is 6.99. The summed E-state index contributed by atoms with van der Waals surface area (Å²) in [7, 11) is 1.71. The summed E-state index contributed by atoms with van der Waals surface area (Å²) in [5.41, 5.74) is 7.95. The monoisotopic (exact) mass is 318 g/mol. The van der Waals surface area contributed by atoms with Crippen LogP contribution in [0, 0.1) is 11.8 Å². The summed E-state index contributed by atoms with van der Waals surface area (Å²) < 4.78 is 5.76. The molecular weight excluding hydrogens is 292 g/mol. The molecule has 1 aromatic rings. The third-order valence-corrected chi connectivity index (χ3v) is 5.40. The van der Waals surface area contributed by atoms with E-state index in [2.05, 4.69) is 17.0 Å². The van der Waals surface area contributed by atoms with Crippen molar-refractivity contribution in [3.8, 4) is 0 Å². The molecule has 3 atom stereocenters. The molecule has 3 rings (SSSR count). The van der Waals surface area contributed by atoms with Crippen molar-refractivity contribution < 1.29 is 14.6 Å². The van der Waals surface area contributed by atoms with E-state index in [1.807, 2.05) is 12.1 Å². The molecule has 0 bridgehead atoms. The Morgan fingerprint density at radius 3 is 2.43 bits per heavy atom. The number of nitrogens with zero attached hydrogens (tertiary/aromatic N) is 1. The van der Waals surface area contributed by atoms with Gasteiger partial charge in [0.25, 0.3) is 0 Å². The molecule has 1 saturated heterocycles. The number of piperidine rings is 1. The van der Waals surface area contributed by atoms with Crippen LogP contribution >= 0.6 is 0 Å². The minimum Gasteiger partial charge on any atom is -0.392 e.